The molecule has 30 heavy (non-hydrogen) atoms. The van der Waals surface area contributed by atoms with E-state index >= 15 is 0 Å². The quantitative estimate of drug-likeness (QED) is 0.582. The highest BCUT2D eigenvalue weighted by atomic mass is 35.5. The summed E-state index contributed by atoms with van der Waals surface area (Å²) in [5.74, 6) is 1.42. The zero-order valence-corrected chi connectivity index (χ0v) is 17.3. The molecule has 5 rings (SSSR count). The number of ether oxygens (including phenoxy) is 1. The molecule has 2 aliphatic rings. The van der Waals surface area contributed by atoms with Gasteiger partial charge in [-0.3, -0.25) is 14.7 Å². The molecule has 6 heteroatoms. The highest BCUT2D eigenvalue weighted by Crippen LogP contribution is 2.49. The van der Waals surface area contributed by atoms with Crippen LogP contribution in [-0.4, -0.2) is 40.9 Å². The van der Waals surface area contributed by atoms with Crippen LogP contribution >= 0.6 is 11.6 Å². The Bertz CT molecular complexity index is 1090. The van der Waals surface area contributed by atoms with Crippen molar-refractivity contribution in [2.24, 2.45) is 11.8 Å². The molecular weight excluding hydrogens is 403 g/mol. The van der Waals surface area contributed by atoms with Crippen LogP contribution in [0.2, 0.25) is 5.02 Å². The van der Waals surface area contributed by atoms with Gasteiger partial charge in [-0.2, -0.15) is 0 Å². The largest absolute Gasteiger partial charge is 0.489 e. The van der Waals surface area contributed by atoms with Gasteiger partial charge in [0.25, 0.3) is 0 Å². The van der Waals surface area contributed by atoms with E-state index in [-0.39, 0.29) is 23.7 Å². The topological polar surface area (TPSA) is 42.4 Å². The Labute approximate surface area is 179 Å². The fourth-order valence-electron chi connectivity index (χ4n) is 4.49. The molecule has 2 fully saturated rings. The van der Waals surface area contributed by atoms with E-state index in [0.717, 1.165) is 24.2 Å². The molecule has 1 aromatic heterocycles. The van der Waals surface area contributed by atoms with Crippen LogP contribution in [0.3, 0.4) is 0 Å². The molecule has 0 bridgehead atoms. The summed E-state index contributed by atoms with van der Waals surface area (Å²) in [6.45, 7) is 3.68. The first-order chi connectivity index (χ1) is 14.5. The van der Waals surface area contributed by atoms with Crippen molar-refractivity contribution < 1.29 is 13.9 Å². The highest BCUT2D eigenvalue weighted by molar-refractivity contribution is 6.30. The van der Waals surface area contributed by atoms with Crippen molar-refractivity contribution in [3.05, 3.63) is 71.1 Å². The number of hydrogen-bond acceptors (Lipinski definition) is 4. The van der Waals surface area contributed by atoms with Gasteiger partial charge in [-0.1, -0.05) is 23.7 Å². The monoisotopic (exact) mass is 424 g/mol. The lowest BCUT2D eigenvalue weighted by Gasteiger charge is -2.26. The summed E-state index contributed by atoms with van der Waals surface area (Å²) < 4.78 is 19.9. The smallest absolute Gasteiger partial charge is 0.154 e. The first kappa shape index (κ1) is 19.5. The maximum atomic E-state index is 13.7. The van der Waals surface area contributed by atoms with Crippen molar-refractivity contribution in [1.29, 1.82) is 0 Å². The number of aromatic nitrogens is 1. The lowest BCUT2D eigenvalue weighted by Crippen LogP contribution is -2.40. The minimum absolute atomic E-state index is 0.119. The van der Waals surface area contributed by atoms with Crippen molar-refractivity contribution >= 4 is 28.3 Å². The second-order valence-corrected chi connectivity index (χ2v) is 8.72. The van der Waals surface area contributed by atoms with Crippen molar-refractivity contribution in [2.75, 3.05) is 13.1 Å². The van der Waals surface area contributed by atoms with Gasteiger partial charge in [-0.15, -0.1) is 0 Å². The number of likely N-dealkylation sites (tertiary alicyclic amines) is 1. The van der Waals surface area contributed by atoms with Gasteiger partial charge in [0.1, 0.15) is 17.7 Å². The number of benzene rings is 2. The number of hydrogen-bond donors (Lipinski definition) is 0. The number of nitrogens with zero attached hydrogens (tertiary/aromatic N) is 2. The van der Waals surface area contributed by atoms with Crippen LogP contribution in [-0.2, 0) is 11.2 Å². The number of ketones is 1. The molecule has 1 saturated heterocycles. The number of pyridine rings is 1. The summed E-state index contributed by atoms with van der Waals surface area (Å²) in [6, 6.07) is 13.7. The summed E-state index contributed by atoms with van der Waals surface area (Å²) in [5, 5.41) is 1.38. The maximum Gasteiger partial charge on any atom is 0.154 e. The molecule has 0 N–H and O–H groups in total. The fourth-order valence-corrected chi connectivity index (χ4v) is 4.62. The van der Waals surface area contributed by atoms with Crippen LogP contribution in [0, 0.1) is 17.7 Å². The summed E-state index contributed by atoms with van der Waals surface area (Å²) in [5.41, 5.74) is 1.71. The lowest BCUT2D eigenvalue weighted by molar-refractivity contribution is -0.123. The number of fused-ring (bicyclic) bond motifs is 2. The number of halogens is 2. The SMILES string of the molecule is CC(C(=O)Cc1ccc(Cl)cc1)N1CC2C(C1)C2Oc1ccnc2ccc(F)cc12. The summed E-state index contributed by atoms with van der Waals surface area (Å²) in [4.78, 5) is 19.2. The molecule has 0 amide bonds. The van der Waals surface area contributed by atoms with E-state index in [1.54, 1.807) is 18.3 Å². The zero-order valence-electron chi connectivity index (χ0n) is 16.6. The third-order valence-electron chi connectivity index (χ3n) is 6.38. The Kier molecular flexibility index (Phi) is 4.95. The fraction of sp³-hybridized carbons (Fsp3) is 0.333. The van der Waals surface area contributed by atoms with E-state index in [1.807, 2.05) is 31.2 Å². The van der Waals surface area contributed by atoms with E-state index in [1.165, 1.54) is 12.1 Å². The van der Waals surface area contributed by atoms with Gasteiger partial charge in [-0.25, -0.2) is 4.39 Å². The van der Waals surface area contributed by atoms with Gasteiger partial charge in [0.2, 0.25) is 0 Å². The minimum Gasteiger partial charge on any atom is -0.489 e. The van der Waals surface area contributed by atoms with Gasteiger partial charge in [0.15, 0.2) is 5.78 Å². The Hall–Kier alpha value is -2.50. The van der Waals surface area contributed by atoms with Crippen LogP contribution in [0.15, 0.2) is 54.7 Å². The maximum absolute atomic E-state index is 13.7. The standard InChI is InChI=1S/C24H22ClFN2O2/c1-14(22(29)10-15-2-4-16(25)5-3-15)28-12-19-20(13-28)24(19)30-23-8-9-27-21-7-6-17(26)11-18(21)23/h2-9,11,14,19-20,24H,10,12-13H2,1H3. The molecule has 0 radical (unpaired) electrons. The van der Waals surface area contributed by atoms with Gasteiger partial charge in [0, 0.05) is 48.0 Å². The van der Waals surface area contributed by atoms with Crippen LogP contribution in [0.4, 0.5) is 4.39 Å². The van der Waals surface area contributed by atoms with Gasteiger partial charge >= 0.3 is 0 Å². The van der Waals surface area contributed by atoms with Crippen molar-refractivity contribution in [3.63, 3.8) is 0 Å². The molecule has 0 spiro atoms. The first-order valence-electron chi connectivity index (χ1n) is 10.2. The molecule has 3 atom stereocenters. The van der Waals surface area contributed by atoms with E-state index in [0.29, 0.717) is 34.4 Å². The molecule has 2 aromatic carbocycles. The summed E-state index contributed by atoms with van der Waals surface area (Å²) >= 11 is 5.92. The minimum atomic E-state index is -0.296. The van der Waals surface area contributed by atoms with Crippen LogP contribution in [0.1, 0.15) is 12.5 Å². The summed E-state index contributed by atoms with van der Waals surface area (Å²) in [6.07, 6.45) is 2.23. The first-order valence-corrected chi connectivity index (χ1v) is 10.6. The predicted octanol–water partition coefficient (Wildman–Crippen LogP) is 4.54. The molecule has 4 nitrogen and oxygen atoms in total. The molecule has 1 saturated carbocycles. The zero-order chi connectivity index (χ0) is 20.8. The van der Waals surface area contributed by atoms with Crippen molar-refractivity contribution in [2.45, 2.75) is 25.5 Å². The number of carbonyl (C=O) groups excluding carboxylic acids is 1. The Morgan fingerprint density at radius 3 is 2.67 bits per heavy atom. The molecule has 2 heterocycles. The molecule has 1 aliphatic carbocycles. The average molecular weight is 425 g/mol. The lowest BCUT2D eigenvalue weighted by atomic mass is 10.0. The van der Waals surface area contributed by atoms with Crippen LogP contribution in [0.5, 0.6) is 5.75 Å². The van der Waals surface area contributed by atoms with E-state index in [9.17, 15) is 9.18 Å². The van der Waals surface area contributed by atoms with Gasteiger partial charge < -0.3 is 4.74 Å². The van der Waals surface area contributed by atoms with Gasteiger partial charge in [-0.05, 0) is 48.9 Å². The second-order valence-electron chi connectivity index (χ2n) is 8.28. The van der Waals surface area contributed by atoms with E-state index in [4.69, 9.17) is 16.3 Å². The van der Waals surface area contributed by atoms with Crippen LogP contribution < -0.4 is 4.74 Å². The highest BCUT2D eigenvalue weighted by Gasteiger charge is 2.58. The predicted molar refractivity (Wildman–Crippen MR) is 114 cm³/mol. The third-order valence-corrected chi connectivity index (χ3v) is 6.63. The molecule has 1 aliphatic heterocycles. The van der Waals surface area contributed by atoms with Gasteiger partial charge in [0.05, 0.1) is 11.6 Å². The number of rotatable bonds is 6. The summed E-state index contributed by atoms with van der Waals surface area (Å²) in [7, 11) is 0. The molecule has 154 valence electrons. The average Bonchev–Trinajstić information content (AvgIpc) is 3.17. The number of carbonyl (C=O) groups is 1. The van der Waals surface area contributed by atoms with Crippen molar-refractivity contribution in [1.82, 2.24) is 9.88 Å². The third kappa shape index (κ3) is 3.68. The van der Waals surface area contributed by atoms with Crippen LogP contribution in [0.25, 0.3) is 10.9 Å². The Morgan fingerprint density at radius 2 is 1.93 bits per heavy atom. The molecular formula is C24H22ClFN2O2. The number of Topliss-reactive ketones (excluding diaryl/α,β-unsaturated/α-hetero) is 1. The Balaban J connectivity index is 1.20. The molecule has 3 unspecified atom stereocenters. The molecule has 3 aromatic rings. The van der Waals surface area contributed by atoms with Crippen molar-refractivity contribution in [3.8, 4) is 5.75 Å². The number of piperidine rings is 1. The normalized spacial score (nSPS) is 23.9. The Morgan fingerprint density at radius 1 is 1.20 bits per heavy atom. The second kappa shape index (κ2) is 7.64. The van der Waals surface area contributed by atoms with E-state index < -0.39 is 0 Å². The van der Waals surface area contributed by atoms with E-state index in [2.05, 4.69) is 9.88 Å².